The molecule has 0 bridgehead atoms. The molecule has 0 spiro atoms. The minimum absolute atomic E-state index is 0.227. The molecule has 0 radical (unpaired) electrons. The Bertz CT molecular complexity index is 1210. The van der Waals surface area contributed by atoms with Crippen LogP contribution in [0.1, 0.15) is 5.56 Å². The summed E-state index contributed by atoms with van der Waals surface area (Å²) in [5, 5.41) is 7.72. The number of aryl methyl sites for hydroxylation is 2. The monoisotopic (exact) mass is 416 g/mol. The molecule has 4 rings (SSSR count). The van der Waals surface area contributed by atoms with Crippen molar-refractivity contribution < 1.29 is 0 Å². The first-order valence-electron chi connectivity index (χ1n) is 8.08. The van der Waals surface area contributed by atoms with Crippen LogP contribution in [0.25, 0.3) is 22.2 Å². The van der Waals surface area contributed by atoms with Gasteiger partial charge in [-0.3, -0.25) is 9.36 Å². The third-order valence-electron chi connectivity index (χ3n) is 4.27. The topological polar surface area (TPSA) is 59.8 Å². The van der Waals surface area contributed by atoms with Gasteiger partial charge in [0.15, 0.2) is 0 Å². The number of nitrogens with one attached hydrogen (secondary N) is 1. The Hall–Kier alpha value is -2.41. The summed E-state index contributed by atoms with van der Waals surface area (Å²) in [6, 6.07) is 8.90. The number of hydrogen-bond acceptors (Lipinski definition) is 5. The van der Waals surface area contributed by atoms with Gasteiger partial charge in [0, 0.05) is 24.2 Å². The van der Waals surface area contributed by atoms with Crippen molar-refractivity contribution >= 4 is 56.5 Å². The quantitative estimate of drug-likeness (QED) is 0.484. The van der Waals surface area contributed by atoms with E-state index < -0.39 is 0 Å². The smallest absolute Gasteiger partial charge is 0.259 e. The minimum atomic E-state index is -0.227. The van der Waals surface area contributed by atoms with E-state index in [1.54, 1.807) is 48.8 Å². The molecule has 8 heteroatoms. The molecule has 0 aliphatic heterocycles. The number of aromatic nitrogens is 3. The number of rotatable bonds is 3. The molecule has 3 aromatic heterocycles. The molecule has 4 aromatic rings. The first kappa shape index (κ1) is 18.0. The summed E-state index contributed by atoms with van der Waals surface area (Å²) in [6.45, 7) is 2.01. The molecular weight excluding hydrogens is 403 g/mol. The number of benzene rings is 1. The van der Waals surface area contributed by atoms with Crippen LogP contribution in [0.15, 0.2) is 46.7 Å². The lowest BCUT2D eigenvalue weighted by Gasteiger charge is -2.12. The molecule has 5 nitrogen and oxygen atoms in total. The molecule has 0 fully saturated rings. The summed E-state index contributed by atoms with van der Waals surface area (Å²) < 4.78 is 1.48. The Labute approximate surface area is 169 Å². The lowest BCUT2D eigenvalue weighted by atomic mass is 10.1. The van der Waals surface area contributed by atoms with Gasteiger partial charge in [-0.15, -0.1) is 11.3 Å². The van der Waals surface area contributed by atoms with Gasteiger partial charge in [0.1, 0.15) is 5.65 Å². The molecule has 136 valence electrons. The zero-order valence-corrected chi connectivity index (χ0v) is 16.8. The Morgan fingerprint density at radius 2 is 1.93 bits per heavy atom. The van der Waals surface area contributed by atoms with E-state index in [0.717, 1.165) is 16.0 Å². The predicted molar refractivity (Wildman–Crippen MR) is 113 cm³/mol. The fourth-order valence-electron chi connectivity index (χ4n) is 2.84. The molecule has 0 aliphatic rings. The maximum atomic E-state index is 12.9. The zero-order chi connectivity index (χ0) is 19.1. The summed E-state index contributed by atoms with van der Waals surface area (Å²) in [7, 11) is 1.67. The third-order valence-corrected chi connectivity index (χ3v) is 5.83. The molecule has 0 saturated carbocycles. The van der Waals surface area contributed by atoms with Gasteiger partial charge in [0.2, 0.25) is 5.95 Å². The number of thiophene rings is 1. The molecule has 0 unspecified atom stereocenters. The third kappa shape index (κ3) is 3.20. The fourth-order valence-corrected chi connectivity index (χ4v) is 4.26. The highest BCUT2D eigenvalue weighted by Gasteiger charge is 2.16. The summed E-state index contributed by atoms with van der Waals surface area (Å²) in [6.07, 6.45) is 1.68. The van der Waals surface area contributed by atoms with Gasteiger partial charge >= 0.3 is 0 Å². The van der Waals surface area contributed by atoms with Crippen LogP contribution in [-0.4, -0.2) is 14.5 Å². The largest absolute Gasteiger partial charge is 0.315 e. The molecular formula is C19H14Cl2N4OS. The van der Waals surface area contributed by atoms with E-state index in [1.807, 2.05) is 18.4 Å². The van der Waals surface area contributed by atoms with E-state index in [1.165, 1.54) is 4.57 Å². The second-order valence-corrected chi connectivity index (χ2v) is 7.78. The average molecular weight is 417 g/mol. The van der Waals surface area contributed by atoms with Crippen LogP contribution in [-0.2, 0) is 7.05 Å². The maximum Gasteiger partial charge on any atom is 0.259 e. The highest BCUT2D eigenvalue weighted by Crippen LogP contribution is 2.34. The predicted octanol–water partition coefficient (Wildman–Crippen LogP) is 5.42. The van der Waals surface area contributed by atoms with E-state index in [9.17, 15) is 4.79 Å². The molecule has 1 aromatic carbocycles. The molecule has 0 aliphatic carbocycles. The van der Waals surface area contributed by atoms with Crippen molar-refractivity contribution in [2.75, 3.05) is 5.32 Å². The SMILES string of the molecule is Cc1ccsc1Nc1ncc2cc(-c3c(Cl)cccc3Cl)c(=O)n(C)c2n1. The number of fused-ring (bicyclic) bond motifs is 1. The summed E-state index contributed by atoms with van der Waals surface area (Å²) >= 11 is 14.1. The van der Waals surface area contributed by atoms with Crippen LogP contribution in [0.3, 0.4) is 0 Å². The van der Waals surface area contributed by atoms with Crippen molar-refractivity contribution in [1.82, 2.24) is 14.5 Å². The summed E-state index contributed by atoms with van der Waals surface area (Å²) in [5.74, 6) is 0.437. The van der Waals surface area contributed by atoms with E-state index >= 15 is 0 Å². The average Bonchev–Trinajstić information content (AvgIpc) is 3.04. The van der Waals surface area contributed by atoms with Gasteiger partial charge in [0.25, 0.3) is 5.56 Å². The summed E-state index contributed by atoms with van der Waals surface area (Å²) in [5.41, 5.74) is 2.34. The van der Waals surface area contributed by atoms with Crippen LogP contribution >= 0.6 is 34.5 Å². The Balaban J connectivity index is 1.87. The van der Waals surface area contributed by atoms with Gasteiger partial charge in [-0.25, -0.2) is 4.98 Å². The van der Waals surface area contributed by atoms with Crippen LogP contribution in [0, 0.1) is 6.92 Å². The van der Waals surface area contributed by atoms with Gasteiger partial charge in [-0.2, -0.15) is 4.98 Å². The molecule has 0 atom stereocenters. The Morgan fingerprint density at radius 1 is 1.19 bits per heavy atom. The van der Waals surface area contributed by atoms with Gasteiger partial charge in [-0.1, -0.05) is 29.3 Å². The van der Waals surface area contributed by atoms with Crippen LogP contribution < -0.4 is 10.9 Å². The highest BCUT2D eigenvalue weighted by atomic mass is 35.5. The second kappa shape index (κ2) is 6.96. The van der Waals surface area contributed by atoms with Crippen LogP contribution in [0.5, 0.6) is 0 Å². The number of halogens is 2. The lowest BCUT2D eigenvalue weighted by Crippen LogP contribution is -2.20. The molecule has 1 N–H and O–H groups in total. The van der Waals surface area contributed by atoms with Crippen molar-refractivity contribution in [3.63, 3.8) is 0 Å². The van der Waals surface area contributed by atoms with E-state index in [-0.39, 0.29) is 5.56 Å². The second-order valence-electron chi connectivity index (χ2n) is 6.05. The van der Waals surface area contributed by atoms with E-state index in [4.69, 9.17) is 23.2 Å². The van der Waals surface area contributed by atoms with Crippen LogP contribution in [0.2, 0.25) is 10.0 Å². The molecule has 27 heavy (non-hydrogen) atoms. The fraction of sp³-hybridized carbons (Fsp3) is 0.105. The van der Waals surface area contributed by atoms with Crippen LogP contribution in [0.4, 0.5) is 10.9 Å². The first-order chi connectivity index (χ1) is 13.0. The number of anilines is 2. The summed E-state index contributed by atoms with van der Waals surface area (Å²) in [4.78, 5) is 21.8. The van der Waals surface area contributed by atoms with Crippen molar-refractivity contribution in [2.45, 2.75) is 6.92 Å². The van der Waals surface area contributed by atoms with Crippen molar-refractivity contribution in [1.29, 1.82) is 0 Å². The number of hydrogen-bond donors (Lipinski definition) is 1. The molecule has 0 amide bonds. The number of pyridine rings is 1. The van der Waals surface area contributed by atoms with Gasteiger partial charge < -0.3 is 5.32 Å². The molecule has 3 heterocycles. The van der Waals surface area contributed by atoms with E-state index in [0.29, 0.717) is 32.8 Å². The maximum absolute atomic E-state index is 12.9. The number of nitrogens with zero attached hydrogens (tertiary/aromatic N) is 3. The highest BCUT2D eigenvalue weighted by molar-refractivity contribution is 7.14. The minimum Gasteiger partial charge on any atom is -0.315 e. The van der Waals surface area contributed by atoms with Gasteiger partial charge in [-0.05, 0) is 42.1 Å². The van der Waals surface area contributed by atoms with E-state index in [2.05, 4.69) is 15.3 Å². The van der Waals surface area contributed by atoms with Crippen molar-refractivity contribution in [3.05, 3.63) is 67.9 Å². The van der Waals surface area contributed by atoms with Gasteiger partial charge in [0.05, 0.1) is 20.6 Å². The van der Waals surface area contributed by atoms with Crippen molar-refractivity contribution in [3.8, 4) is 11.1 Å². The molecule has 0 saturated heterocycles. The lowest BCUT2D eigenvalue weighted by molar-refractivity contribution is 0.887. The van der Waals surface area contributed by atoms with Crippen molar-refractivity contribution in [2.24, 2.45) is 7.05 Å². The normalized spacial score (nSPS) is 11.1. The zero-order valence-electron chi connectivity index (χ0n) is 14.5. The first-order valence-corrected chi connectivity index (χ1v) is 9.71. The Kier molecular flexibility index (Phi) is 4.63. The Morgan fingerprint density at radius 3 is 2.59 bits per heavy atom. The standard InChI is InChI=1S/C19H14Cl2N4OS/c1-10-6-7-27-17(10)24-19-22-9-11-8-12(18(26)25(2)16(11)23-19)15-13(20)4-3-5-14(15)21/h3-9H,1-2H3,(H,22,23,24).